The van der Waals surface area contributed by atoms with Crippen molar-refractivity contribution in [2.24, 2.45) is 0 Å². The van der Waals surface area contributed by atoms with E-state index in [1.165, 1.54) is 0 Å². The second-order valence-electron chi connectivity index (χ2n) is 5.05. The number of nitrogens with one attached hydrogen (secondary N) is 2. The first-order valence-corrected chi connectivity index (χ1v) is 6.86. The summed E-state index contributed by atoms with van der Waals surface area (Å²) in [6.07, 6.45) is -0.720. The Morgan fingerprint density at radius 2 is 2.00 bits per heavy atom. The predicted molar refractivity (Wildman–Crippen MR) is 74.8 cm³/mol. The van der Waals surface area contributed by atoms with Crippen LogP contribution in [0, 0.1) is 0 Å². The van der Waals surface area contributed by atoms with E-state index in [1.54, 1.807) is 6.20 Å². The van der Waals surface area contributed by atoms with Crippen molar-refractivity contribution in [3.8, 4) is 0 Å². The smallest absolute Gasteiger partial charge is 0.316 e. The summed E-state index contributed by atoms with van der Waals surface area (Å²) in [7, 11) is 0. The van der Waals surface area contributed by atoms with Gasteiger partial charge in [0, 0.05) is 24.9 Å². The topological polar surface area (TPSA) is 62.7 Å². The summed E-state index contributed by atoms with van der Waals surface area (Å²) in [6, 6.07) is 3.68. The van der Waals surface area contributed by atoms with E-state index in [4.69, 9.17) is 0 Å². The van der Waals surface area contributed by atoms with Crippen LogP contribution in [0.3, 0.4) is 0 Å². The molecule has 0 unspecified atom stereocenters. The van der Waals surface area contributed by atoms with Crippen molar-refractivity contribution in [3.05, 3.63) is 41.9 Å². The van der Waals surface area contributed by atoms with Gasteiger partial charge >= 0.3 is 6.18 Å². The first kappa shape index (κ1) is 14.7. The van der Waals surface area contributed by atoms with Crippen LogP contribution >= 0.6 is 0 Å². The van der Waals surface area contributed by atoms with Gasteiger partial charge in [0.1, 0.15) is 5.82 Å². The van der Waals surface area contributed by atoms with Crippen LogP contribution in [0.1, 0.15) is 23.6 Å². The maximum Gasteiger partial charge on any atom is 0.416 e. The van der Waals surface area contributed by atoms with Gasteiger partial charge < -0.3 is 10.6 Å². The van der Waals surface area contributed by atoms with Gasteiger partial charge in [-0.1, -0.05) is 0 Å². The third kappa shape index (κ3) is 3.33. The lowest BCUT2D eigenvalue weighted by Crippen LogP contribution is -2.10. The molecule has 0 amide bonds. The minimum Gasteiger partial charge on any atom is -0.316 e. The number of alkyl halides is 3. The first-order valence-electron chi connectivity index (χ1n) is 6.86. The number of rotatable bonds is 3. The monoisotopic (exact) mass is 309 g/mol. The molecule has 0 bridgehead atoms. The van der Waals surface area contributed by atoms with E-state index in [1.807, 2.05) is 6.07 Å². The molecule has 0 aliphatic carbocycles. The van der Waals surface area contributed by atoms with E-state index >= 15 is 0 Å². The Labute approximate surface area is 125 Å². The predicted octanol–water partition coefficient (Wildman–Crippen LogP) is 2.71. The Morgan fingerprint density at radius 3 is 2.73 bits per heavy atom. The quantitative estimate of drug-likeness (QED) is 0.913. The van der Waals surface area contributed by atoms with Crippen molar-refractivity contribution < 1.29 is 13.2 Å². The van der Waals surface area contributed by atoms with Crippen molar-refractivity contribution in [1.29, 1.82) is 0 Å². The summed E-state index contributed by atoms with van der Waals surface area (Å²) >= 11 is 0. The van der Waals surface area contributed by atoms with Gasteiger partial charge in [-0.2, -0.15) is 13.2 Å². The molecule has 8 heteroatoms. The Bertz CT molecular complexity index is 653. The molecular weight excluding hydrogens is 295 g/mol. The zero-order valence-corrected chi connectivity index (χ0v) is 11.6. The van der Waals surface area contributed by atoms with Crippen LogP contribution in [0.4, 0.5) is 24.9 Å². The number of halogens is 3. The number of nitrogens with zero attached hydrogens (tertiary/aromatic N) is 3. The fraction of sp³-hybridized carbons (Fsp3) is 0.357. The summed E-state index contributed by atoms with van der Waals surface area (Å²) in [6.45, 7) is 1.78. The molecule has 2 aromatic heterocycles. The molecule has 5 nitrogen and oxygen atoms in total. The van der Waals surface area contributed by atoms with E-state index < -0.39 is 11.7 Å². The average Bonchev–Trinajstić information content (AvgIpc) is 3.01. The molecule has 0 spiro atoms. The summed E-state index contributed by atoms with van der Waals surface area (Å²) in [5.41, 5.74) is 0.107. The Balaban J connectivity index is 1.80. The molecule has 3 heterocycles. The van der Waals surface area contributed by atoms with Crippen LogP contribution in [-0.4, -0.2) is 28.0 Å². The van der Waals surface area contributed by atoms with E-state index in [-0.39, 0.29) is 11.8 Å². The zero-order chi connectivity index (χ0) is 15.6. The molecule has 1 fully saturated rings. The summed E-state index contributed by atoms with van der Waals surface area (Å²) in [5, 5.41) is 5.97. The van der Waals surface area contributed by atoms with Gasteiger partial charge in [-0.3, -0.25) is 0 Å². The lowest BCUT2D eigenvalue weighted by atomic mass is 10.1. The normalized spacial score (nSPS) is 18.4. The van der Waals surface area contributed by atoms with Crippen LogP contribution in [0.25, 0.3) is 0 Å². The van der Waals surface area contributed by atoms with E-state index in [9.17, 15) is 13.2 Å². The summed E-state index contributed by atoms with van der Waals surface area (Å²) < 4.78 is 38.0. The number of pyridine rings is 1. The van der Waals surface area contributed by atoms with E-state index in [0.29, 0.717) is 5.92 Å². The molecule has 0 saturated carbocycles. The van der Waals surface area contributed by atoms with Crippen LogP contribution in [0.5, 0.6) is 0 Å². The van der Waals surface area contributed by atoms with Gasteiger partial charge in [0.05, 0.1) is 11.3 Å². The first-order chi connectivity index (χ1) is 10.5. The van der Waals surface area contributed by atoms with Gasteiger partial charge in [0.15, 0.2) is 0 Å². The second kappa shape index (κ2) is 5.88. The SMILES string of the molecule is FC(F)(F)c1ccnc(Nc2nccc([C@@H]3CCNC3)n2)c1. The van der Waals surface area contributed by atoms with Crippen LogP contribution in [-0.2, 0) is 6.18 Å². The molecule has 1 atom stereocenters. The molecular formula is C14H14F3N5. The van der Waals surface area contributed by atoms with E-state index in [2.05, 4.69) is 25.6 Å². The van der Waals surface area contributed by atoms with Crippen LogP contribution in [0.15, 0.2) is 30.6 Å². The molecule has 0 radical (unpaired) electrons. The van der Waals surface area contributed by atoms with Gasteiger partial charge in [-0.25, -0.2) is 15.0 Å². The molecule has 1 saturated heterocycles. The van der Waals surface area contributed by atoms with Gasteiger partial charge in [0.25, 0.3) is 0 Å². The molecule has 22 heavy (non-hydrogen) atoms. The largest absolute Gasteiger partial charge is 0.416 e. The van der Waals surface area contributed by atoms with Crippen LogP contribution < -0.4 is 10.6 Å². The fourth-order valence-electron chi connectivity index (χ4n) is 2.36. The zero-order valence-electron chi connectivity index (χ0n) is 11.6. The Hall–Kier alpha value is -2.22. The second-order valence-corrected chi connectivity index (χ2v) is 5.05. The molecule has 2 aromatic rings. The lowest BCUT2D eigenvalue weighted by molar-refractivity contribution is -0.137. The fourth-order valence-corrected chi connectivity index (χ4v) is 2.36. The van der Waals surface area contributed by atoms with Crippen molar-refractivity contribution in [1.82, 2.24) is 20.3 Å². The maximum absolute atomic E-state index is 12.7. The van der Waals surface area contributed by atoms with Crippen molar-refractivity contribution >= 4 is 11.8 Å². The minimum atomic E-state index is -4.41. The third-order valence-electron chi connectivity index (χ3n) is 3.48. The highest BCUT2D eigenvalue weighted by Gasteiger charge is 2.30. The minimum absolute atomic E-state index is 0.0662. The number of anilines is 2. The highest BCUT2D eigenvalue weighted by Crippen LogP contribution is 2.30. The number of hydrogen-bond donors (Lipinski definition) is 2. The van der Waals surface area contributed by atoms with Crippen molar-refractivity contribution in [3.63, 3.8) is 0 Å². The summed E-state index contributed by atoms with van der Waals surface area (Å²) in [5.74, 6) is 0.616. The van der Waals surface area contributed by atoms with Crippen molar-refractivity contribution in [2.45, 2.75) is 18.5 Å². The summed E-state index contributed by atoms with van der Waals surface area (Å²) in [4.78, 5) is 12.3. The molecule has 3 rings (SSSR count). The molecule has 2 N–H and O–H groups in total. The highest BCUT2D eigenvalue weighted by molar-refractivity contribution is 5.49. The number of hydrogen-bond acceptors (Lipinski definition) is 5. The third-order valence-corrected chi connectivity index (χ3v) is 3.48. The Morgan fingerprint density at radius 1 is 1.18 bits per heavy atom. The number of aromatic nitrogens is 3. The Kier molecular flexibility index (Phi) is 3.93. The molecule has 1 aliphatic heterocycles. The van der Waals surface area contributed by atoms with Gasteiger partial charge in [0.2, 0.25) is 5.95 Å². The molecule has 0 aromatic carbocycles. The van der Waals surface area contributed by atoms with E-state index in [0.717, 1.165) is 43.5 Å². The highest BCUT2D eigenvalue weighted by atomic mass is 19.4. The van der Waals surface area contributed by atoms with Gasteiger partial charge in [-0.05, 0) is 31.2 Å². The maximum atomic E-state index is 12.7. The average molecular weight is 309 g/mol. The molecule has 1 aliphatic rings. The standard InChI is InChI=1S/C14H14F3N5/c15-14(16,17)10-2-5-19-12(7-10)22-13-20-6-3-11(21-13)9-1-4-18-8-9/h2-3,5-7,9,18H,1,4,8H2,(H,19,20,21,22)/t9-/m1/s1. The van der Waals surface area contributed by atoms with Gasteiger partial charge in [-0.15, -0.1) is 0 Å². The van der Waals surface area contributed by atoms with Crippen molar-refractivity contribution in [2.75, 3.05) is 18.4 Å². The lowest BCUT2D eigenvalue weighted by Gasteiger charge is -2.11. The molecule has 116 valence electrons. The van der Waals surface area contributed by atoms with Crippen LogP contribution in [0.2, 0.25) is 0 Å².